The number of aliphatic hydroxyl groups is 1. The van der Waals surface area contributed by atoms with Gasteiger partial charge >= 0.3 is 0 Å². The van der Waals surface area contributed by atoms with Gasteiger partial charge in [-0.2, -0.15) is 5.26 Å². The molecule has 0 aliphatic carbocycles. The first-order valence-corrected chi connectivity index (χ1v) is 11.6. The molecular formula is C28H23ClN2O5. The van der Waals surface area contributed by atoms with E-state index >= 15 is 0 Å². The lowest BCUT2D eigenvalue weighted by atomic mass is 9.94. The second kappa shape index (κ2) is 10.5. The summed E-state index contributed by atoms with van der Waals surface area (Å²) in [6, 6.07) is 19.1. The highest BCUT2D eigenvalue weighted by molar-refractivity contribution is 6.51. The van der Waals surface area contributed by atoms with Gasteiger partial charge < -0.3 is 14.6 Å². The molecule has 36 heavy (non-hydrogen) atoms. The van der Waals surface area contributed by atoms with E-state index in [1.807, 2.05) is 13.0 Å². The van der Waals surface area contributed by atoms with Gasteiger partial charge in [0.15, 0.2) is 0 Å². The van der Waals surface area contributed by atoms with Gasteiger partial charge in [-0.05, 0) is 66.6 Å². The number of Topliss-reactive ketones (excluding diaryl/α,β-unsaturated/α-hetero) is 1. The first-order chi connectivity index (χ1) is 17.4. The Morgan fingerprint density at radius 3 is 2.39 bits per heavy atom. The fraction of sp³-hybridized carbons (Fsp3) is 0.179. The van der Waals surface area contributed by atoms with Gasteiger partial charge in [0, 0.05) is 10.7 Å². The minimum Gasteiger partial charge on any atom is -0.507 e. The van der Waals surface area contributed by atoms with Gasteiger partial charge in [0.2, 0.25) is 0 Å². The largest absolute Gasteiger partial charge is 0.507 e. The number of hydrogen-bond donors (Lipinski definition) is 1. The van der Waals surface area contributed by atoms with Crippen LogP contribution in [0.25, 0.3) is 5.76 Å². The maximum atomic E-state index is 13.3. The zero-order valence-corrected chi connectivity index (χ0v) is 20.5. The number of hydrogen-bond acceptors (Lipinski definition) is 6. The van der Waals surface area contributed by atoms with Gasteiger partial charge in [0.25, 0.3) is 11.7 Å². The highest BCUT2D eigenvalue weighted by atomic mass is 35.5. The fourth-order valence-corrected chi connectivity index (χ4v) is 4.26. The summed E-state index contributed by atoms with van der Waals surface area (Å²) in [7, 11) is 1.43. The van der Waals surface area contributed by atoms with Crippen LogP contribution in [0.4, 0.5) is 5.69 Å². The summed E-state index contributed by atoms with van der Waals surface area (Å²) in [5.41, 5.74) is 1.49. The molecule has 0 saturated carbocycles. The quantitative estimate of drug-likeness (QED) is 0.255. The third kappa shape index (κ3) is 4.64. The number of amides is 1. The smallest absolute Gasteiger partial charge is 0.300 e. The van der Waals surface area contributed by atoms with E-state index in [0.717, 1.165) is 6.42 Å². The molecule has 8 heteroatoms. The van der Waals surface area contributed by atoms with Gasteiger partial charge in [-0.25, -0.2) is 0 Å². The van der Waals surface area contributed by atoms with E-state index in [-0.39, 0.29) is 11.1 Å². The van der Waals surface area contributed by atoms with Crippen molar-refractivity contribution >= 4 is 34.7 Å². The number of benzene rings is 3. The molecule has 1 saturated heterocycles. The van der Waals surface area contributed by atoms with Crippen LogP contribution in [-0.4, -0.2) is 30.5 Å². The van der Waals surface area contributed by atoms with E-state index in [1.54, 1.807) is 60.7 Å². The van der Waals surface area contributed by atoms with Crippen molar-refractivity contribution in [2.75, 3.05) is 18.6 Å². The Morgan fingerprint density at radius 1 is 1.08 bits per heavy atom. The third-order valence-electron chi connectivity index (χ3n) is 5.80. The SMILES string of the molecule is CCCOc1ccc(C2/C(=C(\O)c3cc(Cl)ccc3OC)C(=O)C(=O)N2c2ccc(C#N)cc2)cc1. The van der Waals surface area contributed by atoms with Gasteiger partial charge in [0.05, 0.1) is 42.5 Å². The molecule has 1 N–H and O–H groups in total. The number of rotatable bonds is 7. The summed E-state index contributed by atoms with van der Waals surface area (Å²) in [5.74, 6) is -1.12. The van der Waals surface area contributed by atoms with Crippen molar-refractivity contribution < 1.29 is 24.2 Å². The predicted molar refractivity (Wildman–Crippen MR) is 136 cm³/mol. The number of methoxy groups -OCH3 is 1. The van der Waals surface area contributed by atoms with Crippen LogP contribution in [-0.2, 0) is 9.59 Å². The van der Waals surface area contributed by atoms with Gasteiger partial charge in [-0.1, -0.05) is 30.7 Å². The van der Waals surface area contributed by atoms with E-state index in [1.165, 1.54) is 18.1 Å². The molecule has 1 amide bonds. The van der Waals surface area contributed by atoms with Gasteiger partial charge in [0.1, 0.15) is 17.3 Å². The lowest BCUT2D eigenvalue weighted by molar-refractivity contribution is -0.132. The van der Waals surface area contributed by atoms with Crippen molar-refractivity contribution in [3.63, 3.8) is 0 Å². The highest BCUT2D eigenvalue weighted by Crippen LogP contribution is 2.44. The van der Waals surface area contributed by atoms with Crippen molar-refractivity contribution in [2.24, 2.45) is 0 Å². The fourth-order valence-electron chi connectivity index (χ4n) is 4.09. The number of anilines is 1. The molecule has 182 valence electrons. The Bertz CT molecular complexity index is 1370. The summed E-state index contributed by atoms with van der Waals surface area (Å²) < 4.78 is 11.0. The molecule has 1 aliphatic rings. The maximum Gasteiger partial charge on any atom is 0.300 e. The molecular weight excluding hydrogens is 480 g/mol. The number of carbonyl (C=O) groups excluding carboxylic acids is 2. The van der Waals surface area contributed by atoms with E-state index in [0.29, 0.717) is 39.9 Å². The standard InChI is InChI=1S/C28H23ClN2O5/c1-3-14-36-21-11-6-18(7-12-21)25-24(26(32)22-15-19(29)8-13-23(22)35-2)27(33)28(34)31(25)20-9-4-17(16-30)5-10-20/h4-13,15,25,32H,3,14H2,1-2H3/b26-24+. The first kappa shape index (κ1) is 24.8. The number of nitrogens with zero attached hydrogens (tertiary/aromatic N) is 2. The normalized spacial score (nSPS) is 16.6. The molecule has 0 bridgehead atoms. The topological polar surface area (TPSA) is 99.9 Å². The van der Waals surface area contributed by atoms with Crippen molar-refractivity contribution in [2.45, 2.75) is 19.4 Å². The lowest BCUT2D eigenvalue weighted by Gasteiger charge is -2.25. The van der Waals surface area contributed by atoms with Crippen molar-refractivity contribution in [1.82, 2.24) is 0 Å². The monoisotopic (exact) mass is 502 g/mol. The average molecular weight is 503 g/mol. The zero-order valence-electron chi connectivity index (χ0n) is 19.7. The average Bonchev–Trinajstić information content (AvgIpc) is 3.17. The van der Waals surface area contributed by atoms with Gasteiger partial charge in [-0.15, -0.1) is 0 Å². The minimum atomic E-state index is -0.943. The molecule has 7 nitrogen and oxygen atoms in total. The molecule has 0 aromatic heterocycles. The van der Waals surface area contributed by atoms with Crippen LogP contribution in [0.5, 0.6) is 11.5 Å². The summed E-state index contributed by atoms with van der Waals surface area (Å²) >= 11 is 6.16. The molecule has 4 rings (SSSR count). The summed E-state index contributed by atoms with van der Waals surface area (Å²) in [5, 5.41) is 20.9. The molecule has 0 spiro atoms. The molecule has 1 aliphatic heterocycles. The van der Waals surface area contributed by atoms with Crippen molar-refractivity contribution in [3.05, 3.63) is 94.0 Å². The molecule has 1 fully saturated rings. The number of nitriles is 1. The van der Waals surface area contributed by atoms with E-state index in [4.69, 9.17) is 26.3 Å². The summed E-state index contributed by atoms with van der Waals surface area (Å²) in [4.78, 5) is 28.0. The predicted octanol–water partition coefficient (Wildman–Crippen LogP) is 5.64. The molecule has 3 aromatic rings. The molecule has 0 radical (unpaired) electrons. The van der Waals surface area contributed by atoms with E-state index in [2.05, 4.69) is 0 Å². The Labute approximate surface area is 213 Å². The van der Waals surface area contributed by atoms with Crippen LogP contribution in [0.2, 0.25) is 5.02 Å². The third-order valence-corrected chi connectivity index (χ3v) is 6.04. The second-order valence-corrected chi connectivity index (χ2v) is 8.53. The van der Waals surface area contributed by atoms with Crippen LogP contribution in [0.1, 0.15) is 36.1 Å². The number of ketones is 1. The Hall–Kier alpha value is -4.28. The number of aliphatic hydroxyl groups excluding tert-OH is 1. The van der Waals surface area contributed by atoms with E-state index in [9.17, 15) is 14.7 Å². The van der Waals surface area contributed by atoms with E-state index < -0.39 is 23.5 Å². The molecule has 1 unspecified atom stereocenters. The van der Waals surface area contributed by atoms with Crippen molar-refractivity contribution in [3.8, 4) is 17.6 Å². The zero-order chi connectivity index (χ0) is 25.8. The Morgan fingerprint density at radius 2 is 1.78 bits per heavy atom. The van der Waals surface area contributed by atoms with Gasteiger partial charge in [-0.3, -0.25) is 14.5 Å². The summed E-state index contributed by atoms with van der Waals surface area (Å²) in [6.07, 6.45) is 0.849. The number of halogens is 1. The van der Waals surface area contributed by atoms with Crippen LogP contribution in [0, 0.1) is 11.3 Å². The van der Waals surface area contributed by atoms with Crippen LogP contribution >= 0.6 is 11.6 Å². The second-order valence-electron chi connectivity index (χ2n) is 8.09. The molecule has 3 aromatic carbocycles. The van der Waals surface area contributed by atoms with Crippen LogP contribution in [0.3, 0.4) is 0 Å². The minimum absolute atomic E-state index is 0.104. The summed E-state index contributed by atoms with van der Waals surface area (Å²) in [6.45, 7) is 2.56. The highest BCUT2D eigenvalue weighted by Gasteiger charge is 2.47. The van der Waals surface area contributed by atoms with Crippen LogP contribution in [0.15, 0.2) is 72.3 Å². The Kier molecular flexibility index (Phi) is 7.28. The number of ether oxygens (including phenoxy) is 2. The molecule has 1 atom stereocenters. The maximum absolute atomic E-state index is 13.3. The number of carbonyl (C=O) groups is 2. The molecule has 1 heterocycles. The lowest BCUT2D eigenvalue weighted by Crippen LogP contribution is -2.29. The Balaban J connectivity index is 1.91. The first-order valence-electron chi connectivity index (χ1n) is 11.3. The van der Waals surface area contributed by atoms with Crippen molar-refractivity contribution in [1.29, 1.82) is 5.26 Å². The van der Waals surface area contributed by atoms with Crippen LogP contribution < -0.4 is 14.4 Å².